The van der Waals surface area contributed by atoms with Gasteiger partial charge in [0, 0.05) is 56.2 Å². The number of carbonyl (C=O) groups excluding carboxylic acids is 1. The van der Waals surface area contributed by atoms with Crippen molar-refractivity contribution in [3.05, 3.63) is 46.2 Å². The van der Waals surface area contributed by atoms with Gasteiger partial charge >= 0.3 is 6.03 Å². The highest BCUT2D eigenvalue weighted by Crippen LogP contribution is 2.13. The maximum Gasteiger partial charge on any atom is 0.317 e. The molecule has 0 spiro atoms. The Balaban J connectivity index is 1.41. The summed E-state index contributed by atoms with van der Waals surface area (Å²) in [5, 5.41) is 3.95. The molecule has 0 radical (unpaired) electrons. The molecule has 6 nitrogen and oxygen atoms in total. The first-order valence-electron chi connectivity index (χ1n) is 8.32. The number of hydrogen-bond acceptors (Lipinski definition) is 5. The van der Waals surface area contributed by atoms with Crippen molar-refractivity contribution in [1.29, 1.82) is 0 Å². The van der Waals surface area contributed by atoms with Gasteiger partial charge in [-0.25, -0.2) is 9.78 Å². The van der Waals surface area contributed by atoms with Gasteiger partial charge in [0.2, 0.25) is 0 Å². The van der Waals surface area contributed by atoms with Crippen LogP contribution in [0.2, 0.25) is 0 Å². The van der Waals surface area contributed by atoms with Crippen LogP contribution >= 0.6 is 11.3 Å². The van der Waals surface area contributed by atoms with E-state index >= 15 is 0 Å². The molecule has 1 aliphatic heterocycles. The molecule has 0 saturated carbocycles. The SMILES string of the molecule is CCc1cnc(CNC(=O)N2CCN(Cc3ccncc3)CC2)s1. The molecule has 2 aromatic heterocycles. The first-order valence-corrected chi connectivity index (χ1v) is 9.14. The molecule has 0 bridgehead atoms. The van der Waals surface area contributed by atoms with Gasteiger partial charge in [-0.15, -0.1) is 11.3 Å². The molecule has 24 heavy (non-hydrogen) atoms. The molecular formula is C17H23N5OS. The van der Waals surface area contributed by atoms with E-state index in [0.29, 0.717) is 6.54 Å². The minimum Gasteiger partial charge on any atom is -0.331 e. The summed E-state index contributed by atoms with van der Waals surface area (Å²) in [6.45, 7) is 6.85. The van der Waals surface area contributed by atoms with Gasteiger partial charge in [0.15, 0.2) is 0 Å². The number of pyridine rings is 1. The third-order valence-electron chi connectivity index (χ3n) is 4.16. The summed E-state index contributed by atoms with van der Waals surface area (Å²) in [6, 6.07) is 4.09. The van der Waals surface area contributed by atoms with Gasteiger partial charge in [0.05, 0.1) is 6.54 Å². The Kier molecular flexibility index (Phi) is 5.77. The van der Waals surface area contributed by atoms with Crippen molar-refractivity contribution in [2.75, 3.05) is 26.2 Å². The maximum atomic E-state index is 12.3. The van der Waals surface area contributed by atoms with Crippen molar-refractivity contribution in [2.24, 2.45) is 0 Å². The molecule has 1 aliphatic rings. The van der Waals surface area contributed by atoms with E-state index in [9.17, 15) is 4.79 Å². The number of amides is 2. The lowest BCUT2D eigenvalue weighted by molar-refractivity contribution is 0.135. The van der Waals surface area contributed by atoms with Gasteiger partial charge in [-0.1, -0.05) is 6.92 Å². The van der Waals surface area contributed by atoms with E-state index in [1.54, 1.807) is 11.3 Å². The summed E-state index contributed by atoms with van der Waals surface area (Å²) in [6.07, 6.45) is 6.53. The van der Waals surface area contributed by atoms with Gasteiger partial charge < -0.3 is 10.2 Å². The third kappa shape index (κ3) is 4.52. The van der Waals surface area contributed by atoms with Gasteiger partial charge in [-0.2, -0.15) is 0 Å². The summed E-state index contributed by atoms with van der Waals surface area (Å²) in [7, 11) is 0. The topological polar surface area (TPSA) is 61.4 Å². The molecule has 2 amide bonds. The molecule has 0 aromatic carbocycles. The van der Waals surface area contributed by atoms with Crippen LogP contribution in [0.15, 0.2) is 30.7 Å². The molecule has 0 atom stereocenters. The average molecular weight is 345 g/mol. The lowest BCUT2D eigenvalue weighted by Crippen LogP contribution is -2.51. The molecule has 1 saturated heterocycles. The van der Waals surface area contributed by atoms with E-state index in [1.807, 2.05) is 35.6 Å². The predicted molar refractivity (Wildman–Crippen MR) is 94.8 cm³/mol. The Bertz CT molecular complexity index is 652. The quantitative estimate of drug-likeness (QED) is 0.902. The van der Waals surface area contributed by atoms with Crippen molar-refractivity contribution in [3.8, 4) is 0 Å². The molecule has 2 aromatic rings. The molecule has 7 heteroatoms. The number of urea groups is 1. The number of hydrogen-bond donors (Lipinski definition) is 1. The van der Waals surface area contributed by atoms with Gasteiger partial charge in [-0.3, -0.25) is 9.88 Å². The third-order valence-corrected chi connectivity index (χ3v) is 5.30. The monoisotopic (exact) mass is 345 g/mol. The number of aryl methyl sites for hydroxylation is 1. The van der Waals surface area contributed by atoms with Crippen molar-refractivity contribution in [1.82, 2.24) is 25.1 Å². The fourth-order valence-corrected chi connectivity index (χ4v) is 3.51. The van der Waals surface area contributed by atoms with Crippen molar-refractivity contribution in [3.63, 3.8) is 0 Å². The average Bonchev–Trinajstić information content (AvgIpc) is 3.09. The van der Waals surface area contributed by atoms with Gasteiger partial charge in [0.25, 0.3) is 0 Å². The van der Waals surface area contributed by atoms with Crippen LogP contribution in [-0.4, -0.2) is 52.0 Å². The van der Waals surface area contributed by atoms with Gasteiger partial charge in [0.1, 0.15) is 5.01 Å². The molecular weight excluding hydrogens is 322 g/mol. The summed E-state index contributed by atoms with van der Waals surface area (Å²) >= 11 is 1.67. The zero-order valence-corrected chi connectivity index (χ0v) is 14.8. The number of piperazine rings is 1. The molecule has 1 fully saturated rings. The first-order chi connectivity index (χ1) is 11.7. The number of nitrogens with one attached hydrogen (secondary N) is 1. The largest absolute Gasteiger partial charge is 0.331 e. The second-order valence-electron chi connectivity index (χ2n) is 5.85. The van der Waals surface area contributed by atoms with E-state index in [-0.39, 0.29) is 6.03 Å². The summed E-state index contributed by atoms with van der Waals surface area (Å²) in [5.74, 6) is 0. The molecule has 128 valence electrons. The first kappa shape index (κ1) is 16.9. The summed E-state index contributed by atoms with van der Waals surface area (Å²) in [5.41, 5.74) is 1.26. The Labute approximate surface area is 146 Å². The van der Waals surface area contributed by atoms with Crippen LogP contribution in [0.1, 0.15) is 22.4 Å². The highest BCUT2D eigenvalue weighted by atomic mass is 32.1. The highest BCUT2D eigenvalue weighted by molar-refractivity contribution is 7.11. The predicted octanol–water partition coefficient (Wildman–Crippen LogP) is 2.13. The smallest absolute Gasteiger partial charge is 0.317 e. The van der Waals surface area contributed by atoms with E-state index in [4.69, 9.17) is 0 Å². The van der Waals surface area contributed by atoms with Gasteiger partial charge in [-0.05, 0) is 24.1 Å². The van der Waals surface area contributed by atoms with Crippen LogP contribution in [0.5, 0.6) is 0 Å². The van der Waals surface area contributed by atoms with Crippen molar-refractivity contribution in [2.45, 2.75) is 26.4 Å². The molecule has 3 heterocycles. The van der Waals surface area contributed by atoms with Crippen LogP contribution in [-0.2, 0) is 19.5 Å². The second kappa shape index (κ2) is 8.21. The van der Waals surface area contributed by atoms with Crippen LogP contribution in [0, 0.1) is 0 Å². The van der Waals surface area contributed by atoms with Crippen LogP contribution in [0.25, 0.3) is 0 Å². The van der Waals surface area contributed by atoms with Crippen molar-refractivity contribution < 1.29 is 4.79 Å². The van der Waals surface area contributed by atoms with Crippen LogP contribution < -0.4 is 5.32 Å². The second-order valence-corrected chi connectivity index (χ2v) is 7.05. The summed E-state index contributed by atoms with van der Waals surface area (Å²) in [4.78, 5) is 26.2. The minimum atomic E-state index is 0.00631. The van der Waals surface area contributed by atoms with E-state index in [1.165, 1.54) is 10.4 Å². The number of carbonyl (C=O) groups is 1. The minimum absolute atomic E-state index is 0.00631. The zero-order chi connectivity index (χ0) is 16.8. The van der Waals surface area contributed by atoms with Crippen LogP contribution in [0.4, 0.5) is 4.79 Å². The van der Waals surface area contributed by atoms with Crippen LogP contribution in [0.3, 0.4) is 0 Å². The Morgan fingerprint density at radius 1 is 1.25 bits per heavy atom. The zero-order valence-electron chi connectivity index (χ0n) is 13.9. The van der Waals surface area contributed by atoms with E-state index < -0.39 is 0 Å². The fourth-order valence-electron chi connectivity index (χ4n) is 2.71. The lowest BCUT2D eigenvalue weighted by Gasteiger charge is -2.34. The maximum absolute atomic E-state index is 12.3. The molecule has 0 unspecified atom stereocenters. The lowest BCUT2D eigenvalue weighted by atomic mass is 10.2. The normalized spacial score (nSPS) is 15.5. The number of nitrogens with zero attached hydrogens (tertiary/aromatic N) is 4. The molecule has 0 aliphatic carbocycles. The fraction of sp³-hybridized carbons (Fsp3) is 0.471. The Morgan fingerprint density at radius 3 is 2.67 bits per heavy atom. The molecule has 3 rings (SSSR count). The highest BCUT2D eigenvalue weighted by Gasteiger charge is 2.21. The number of thiazole rings is 1. The number of aromatic nitrogens is 2. The summed E-state index contributed by atoms with van der Waals surface area (Å²) < 4.78 is 0. The molecule has 1 N–H and O–H groups in total. The van der Waals surface area contributed by atoms with Crippen molar-refractivity contribution >= 4 is 17.4 Å². The van der Waals surface area contributed by atoms with E-state index in [2.05, 4.69) is 27.1 Å². The standard InChI is InChI=1S/C17H23N5OS/c1-2-15-11-19-16(24-15)12-20-17(23)22-9-7-21(8-10-22)13-14-3-5-18-6-4-14/h3-6,11H,2,7-10,12-13H2,1H3,(H,20,23). The van der Waals surface area contributed by atoms with E-state index in [0.717, 1.165) is 44.2 Å². The Morgan fingerprint density at radius 2 is 2.00 bits per heavy atom. The Hall–Kier alpha value is -1.99. The number of rotatable bonds is 5.